The molecule has 2 aliphatic rings. The molecule has 0 unspecified atom stereocenters. The molecule has 2 heterocycles. The summed E-state index contributed by atoms with van der Waals surface area (Å²) in [6.45, 7) is 0. The highest BCUT2D eigenvalue weighted by molar-refractivity contribution is 6.05. The van der Waals surface area contributed by atoms with Gasteiger partial charge in [-0.15, -0.1) is 0 Å². The van der Waals surface area contributed by atoms with Crippen LogP contribution in [0.15, 0.2) is 0 Å². The third-order valence-corrected chi connectivity index (χ3v) is 2.01. The topological polar surface area (TPSA) is 144 Å². The Kier molecular flexibility index (Phi) is 3.69. The van der Waals surface area contributed by atoms with E-state index in [0.29, 0.717) is 0 Å². The first-order chi connectivity index (χ1) is 7.40. The predicted octanol–water partition coefficient (Wildman–Crippen LogP) is -3.28. The van der Waals surface area contributed by atoms with Crippen LogP contribution in [-0.2, 0) is 19.2 Å². The van der Waals surface area contributed by atoms with Crippen molar-refractivity contribution in [2.75, 3.05) is 0 Å². The molecular weight excluding hydrogens is 216 g/mol. The number of carbonyl (C=O) groups excluding carboxylic acids is 4. The minimum Gasteiger partial charge on any atom is -0.319 e. The first-order valence-corrected chi connectivity index (χ1v) is 4.58. The van der Waals surface area contributed by atoms with Gasteiger partial charge in [-0.1, -0.05) is 0 Å². The quantitative estimate of drug-likeness (QED) is 0.320. The number of nitrogens with two attached hydrogens (primary N) is 2. The van der Waals surface area contributed by atoms with Crippen LogP contribution in [-0.4, -0.2) is 35.7 Å². The van der Waals surface area contributed by atoms with E-state index in [1.54, 1.807) is 0 Å². The molecule has 4 amide bonds. The molecule has 0 aliphatic carbocycles. The fourth-order valence-corrected chi connectivity index (χ4v) is 1.15. The maximum atomic E-state index is 10.3. The van der Waals surface area contributed by atoms with E-state index < -0.39 is 12.1 Å². The van der Waals surface area contributed by atoms with Gasteiger partial charge in [0.05, 0.1) is 24.9 Å². The minimum atomic E-state index is -0.609. The van der Waals surface area contributed by atoms with Gasteiger partial charge >= 0.3 is 0 Å². The SMILES string of the molecule is N[C@H]1CC(=O)NC1=O.N[C@H]1CC(=O)NC1=O. The van der Waals surface area contributed by atoms with Crippen molar-refractivity contribution in [3.05, 3.63) is 0 Å². The summed E-state index contributed by atoms with van der Waals surface area (Å²) in [4.78, 5) is 41.2. The Hall–Kier alpha value is -1.80. The number of hydrogen-bond donors (Lipinski definition) is 4. The molecule has 16 heavy (non-hydrogen) atoms. The number of amides is 4. The number of nitrogens with one attached hydrogen (secondary N) is 2. The summed E-state index contributed by atoms with van der Waals surface area (Å²) in [7, 11) is 0. The van der Waals surface area contributed by atoms with Crippen LogP contribution in [0.1, 0.15) is 12.8 Å². The molecule has 2 saturated heterocycles. The normalized spacial score (nSPS) is 28.4. The molecule has 2 rings (SSSR count). The zero-order valence-corrected chi connectivity index (χ0v) is 8.36. The third kappa shape index (κ3) is 3.11. The van der Waals surface area contributed by atoms with Crippen LogP contribution in [0.3, 0.4) is 0 Å². The van der Waals surface area contributed by atoms with Gasteiger partial charge in [-0.05, 0) is 0 Å². The van der Waals surface area contributed by atoms with Gasteiger partial charge in [0.25, 0.3) is 0 Å². The lowest BCUT2D eigenvalue weighted by molar-refractivity contribution is -0.126. The Morgan fingerprint density at radius 2 is 1.12 bits per heavy atom. The summed E-state index contributed by atoms with van der Waals surface area (Å²) in [6.07, 6.45) is 0.275. The van der Waals surface area contributed by atoms with Gasteiger partial charge in [0.15, 0.2) is 0 Å². The van der Waals surface area contributed by atoms with Crippen LogP contribution in [0.2, 0.25) is 0 Å². The molecule has 0 radical (unpaired) electrons. The molecule has 0 aromatic carbocycles. The zero-order valence-electron chi connectivity index (χ0n) is 8.36. The number of imide groups is 2. The highest BCUT2D eigenvalue weighted by Gasteiger charge is 2.26. The maximum absolute atomic E-state index is 10.3. The van der Waals surface area contributed by atoms with Crippen molar-refractivity contribution in [3.8, 4) is 0 Å². The van der Waals surface area contributed by atoms with Gasteiger partial charge < -0.3 is 11.5 Å². The molecule has 2 aliphatic heterocycles. The van der Waals surface area contributed by atoms with Crippen molar-refractivity contribution in [1.82, 2.24) is 10.6 Å². The molecule has 0 spiro atoms. The maximum Gasteiger partial charge on any atom is 0.243 e. The molecule has 2 fully saturated rings. The molecule has 0 aromatic rings. The predicted molar refractivity (Wildman–Crippen MR) is 51.5 cm³/mol. The summed E-state index contributed by atoms with van der Waals surface area (Å²) in [5.74, 6) is -1.28. The second-order valence-electron chi connectivity index (χ2n) is 3.45. The third-order valence-electron chi connectivity index (χ3n) is 2.01. The lowest BCUT2D eigenvalue weighted by atomic mass is 10.3. The van der Waals surface area contributed by atoms with E-state index in [0.717, 1.165) is 0 Å². The molecular formula is C8H12N4O4. The summed E-state index contributed by atoms with van der Waals surface area (Å²) in [5.41, 5.74) is 10.3. The summed E-state index contributed by atoms with van der Waals surface area (Å²) in [5, 5.41) is 4.13. The van der Waals surface area contributed by atoms with E-state index in [4.69, 9.17) is 11.5 Å². The van der Waals surface area contributed by atoms with Crippen LogP contribution in [0.4, 0.5) is 0 Å². The highest BCUT2D eigenvalue weighted by atomic mass is 16.2. The fraction of sp³-hybridized carbons (Fsp3) is 0.500. The van der Waals surface area contributed by atoms with E-state index >= 15 is 0 Å². The van der Waals surface area contributed by atoms with Crippen molar-refractivity contribution in [2.24, 2.45) is 11.5 Å². The lowest BCUT2D eigenvalue weighted by Crippen LogP contribution is -2.30. The smallest absolute Gasteiger partial charge is 0.243 e. The lowest BCUT2D eigenvalue weighted by Gasteiger charge is -1.89. The molecule has 6 N–H and O–H groups in total. The molecule has 2 atom stereocenters. The minimum absolute atomic E-state index is 0.138. The van der Waals surface area contributed by atoms with Crippen LogP contribution in [0, 0.1) is 0 Å². The molecule has 0 saturated carbocycles. The van der Waals surface area contributed by atoms with Gasteiger partial charge in [-0.25, -0.2) is 0 Å². The van der Waals surface area contributed by atoms with Gasteiger partial charge in [-0.3, -0.25) is 29.8 Å². The van der Waals surface area contributed by atoms with E-state index in [2.05, 4.69) is 10.6 Å². The molecule has 8 heteroatoms. The first-order valence-electron chi connectivity index (χ1n) is 4.58. The second-order valence-corrected chi connectivity index (χ2v) is 3.45. The van der Waals surface area contributed by atoms with Gasteiger partial charge in [0, 0.05) is 0 Å². The summed E-state index contributed by atoms with van der Waals surface area (Å²) in [6, 6.07) is -1.22. The summed E-state index contributed by atoms with van der Waals surface area (Å²) < 4.78 is 0. The van der Waals surface area contributed by atoms with E-state index in [9.17, 15) is 19.2 Å². The standard InChI is InChI=1S/2C4H6N2O2/c2*5-2-1-3(7)6-4(2)8/h2*2H,1,5H2,(H,6,7,8)/t2*2-/m00/s1. The van der Waals surface area contributed by atoms with Crippen LogP contribution < -0.4 is 22.1 Å². The van der Waals surface area contributed by atoms with Crippen LogP contribution in [0.5, 0.6) is 0 Å². The first kappa shape index (κ1) is 12.3. The number of rotatable bonds is 0. The Morgan fingerprint density at radius 3 is 1.19 bits per heavy atom. The van der Waals surface area contributed by atoms with Gasteiger partial charge in [-0.2, -0.15) is 0 Å². The van der Waals surface area contributed by atoms with Crippen LogP contribution in [0.25, 0.3) is 0 Å². The number of hydrogen-bond acceptors (Lipinski definition) is 6. The average Bonchev–Trinajstić information content (AvgIpc) is 2.58. The average molecular weight is 228 g/mol. The fourth-order valence-electron chi connectivity index (χ4n) is 1.15. The Labute approximate surface area is 90.7 Å². The van der Waals surface area contributed by atoms with Crippen molar-refractivity contribution >= 4 is 23.6 Å². The second kappa shape index (κ2) is 4.81. The largest absolute Gasteiger partial charge is 0.319 e. The zero-order chi connectivity index (χ0) is 12.3. The van der Waals surface area contributed by atoms with E-state index in [1.165, 1.54) is 0 Å². The van der Waals surface area contributed by atoms with Crippen molar-refractivity contribution in [2.45, 2.75) is 24.9 Å². The van der Waals surface area contributed by atoms with Crippen LogP contribution >= 0.6 is 0 Å². The van der Waals surface area contributed by atoms with E-state index in [1.807, 2.05) is 0 Å². The Bertz CT molecular complexity index is 320. The summed E-state index contributed by atoms with van der Waals surface area (Å²) >= 11 is 0. The Balaban J connectivity index is 0.000000160. The molecule has 8 nitrogen and oxygen atoms in total. The Morgan fingerprint density at radius 1 is 0.812 bits per heavy atom. The molecule has 0 bridgehead atoms. The highest BCUT2D eigenvalue weighted by Crippen LogP contribution is 1.96. The van der Waals surface area contributed by atoms with E-state index in [-0.39, 0.29) is 36.5 Å². The van der Waals surface area contributed by atoms with Crippen molar-refractivity contribution in [3.63, 3.8) is 0 Å². The van der Waals surface area contributed by atoms with Crippen molar-refractivity contribution < 1.29 is 19.2 Å². The van der Waals surface area contributed by atoms with Gasteiger partial charge in [0.1, 0.15) is 0 Å². The van der Waals surface area contributed by atoms with Crippen molar-refractivity contribution in [1.29, 1.82) is 0 Å². The van der Waals surface area contributed by atoms with Gasteiger partial charge in [0.2, 0.25) is 23.6 Å². The monoisotopic (exact) mass is 228 g/mol. The molecule has 88 valence electrons. The molecule has 0 aromatic heterocycles. The number of carbonyl (C=O) groups is 4.